The standard InChI is InChI=1S/C13H20N6O2/c14-8-3-6-19(7-4-8)5-1-2-9-15-10-11(16-9)17-13(21)18-12(10)20/h8H,1-7,14H2,(H3,15,16,17,18,20,21). The first-order valence-corrected chi connectivity index (χ1v) is 7.31. The van der Waals surface area contributed by atoms with Gasteiger partial charge in [0.05, 0.1) is 0 Å². The van der Waals surface area contributed by atoms with Gasteiger partial charge >= 0.3 is 5.69 Å². The number of piperidine rings is 1. The van der Waals surface area contributed by atoms with E-state index in [0.29, 0.717) is 17.2 Å². The number of nitrogens with two attached hydrogens (primary N) is 1. The van der Waals surface area contributed by atoms with Crippen molar-refractivity contribution >= 4 is 11.2 Å². The highest BCUT2D eigenvalue weighted by Gasteiger charge is 2.15. The molecule has 8 nitrogen and oxygen atoms in total. The molecule has 114 valence electrons. The van der Waals surface area contributed by atoms with Gasteiger partial charge in [-0.3, -0.25) is 14.8 Å². The summed E-state index contributed by atoms with van der Waals surface area (Å²) in [4.78, 5) is 37.1. The fraction of sp³-hybridized carbons (Fsp3) is 0.615. The number of imidazole rings is 1. The summed E-state index contributed by atoms with van der Waals surface area (Å²) in [6.07, 6.45) is 3.82. The second-order valence-electron chi connectivity index (χ2n) is 5.60. The number of likely N-dealkylation sites (tertiary alicyclic amines) is 1. The Labute approximate surface area is 120 Å². The summed E-state index contributed by atoms with van der Waals surface area (Å²) in [6, 6.07) is 0.347. The molecule has 0 atom stereocenters. The Balaban J connectivity index is 1.60. The minimum absolute atomic E-state index is 0.322. The third-order valence-electron chi connectivity index (χ3n) is 3.96. The van der Waals surface area contributed by atoms with Crippen molar-refractivity contribution in [1.29, 1.82) is 0 Å². The van der Waals surface area contributed by atoms with Crippen molar-refractivity contribution < 1.29 is 0 Å². The second kappa shape index (κ2) is 5.82. The number of nitrogens with zero attached hydrogens (tertiary/aromatic N) is 2. The van der Waals surface area contributed by atoms with Crippen molar-refractivity contribution in [2.24, 2.45) is 5.73 Å². The SMILES string of the molecule is NC1CCN(CCCc2nc3[nH]c(=O)[nH]c(=O)c3[nH]2)CC1. The molecule has 0 amide bonds. The molecule has 0 spiro atoms. The van der Waals surface area contributed by atoms with Gasteiger partial charge in [-0.25, -0.2) is 9.78 Å². The van der Waals surface area contributed by atoms with E-state index < -0.39 is 11.2 Å². The van der Waals surface area contributed by atoms with Gasteiger partial charge in [0.2, 0.25) is 0 Å². The maximum atomic E-state index is 11.6. The zero-order chi connectivity index (χ0) is 14.8. The van der Waals surface area contributed by atoms with Crippen molar-refractivity contribution in [1.82, 2.24) is 24.8 Å². The maximum absolute atomic E-state index is 11.6. The van der Waals surface area contributed by atoms with E-state index in [9.17, 15) is 9.59 Å². The van der Waals surface area contributed by atoms with E-state index >= 15 is 0 Å². The van der Waals surface area contributed by atoms with Crippen LogP contribution in [0.5, 0.6) is 0 Å². The van der Waals surface area contributed by atoms with Crippen LogP contribution in [0.3, 0.4) is 0 Å². The lowest BCUT2D eigenvalue weighted by atomic mass is 10.1. The zero-order valence-corrected chi connectivity index (χ0v) is 11.8. The Morgan fingerprint density at radius 2 is 1.95 bits per heavy atom. The highest BCUT2D eigenvalue weighted by Crippen LogP contribution is 2.10. The van der Waals surface area contributed by atoms with Crippen LogP contribution in [0.2, 0.25) is 0 Å². The van der Waals surface area contributed by atoms with Crippen molar-refractivity contribution in [3.05, 3.63) is 26.7 Å². The summed E-state index contributed by atoms with van der Waals surface area (Å²) >= 11 is 0. The Bertz CT molecular complexity index is 722. The molecule has 1 saturated heterocycles. The summed E-state index contributed by atoms with van der Waals surface area (Å²) in [5.74, 6) is 0.728. The molecule has 2 aromatic heterocycles. The van der Waals surface area contributed by atoms with Crippen LogP contribution < -0.4 is 17.0 Å². The molecule has 21 heavy (non-hydrogen) atoms. The summed E-state index contributed by atoms with van der Waals surface area (Å²) < 4.78 is 0. The van der Waals surface area contributed by atoms with Gasteiger partial charge in [-0.1, -0.05) is 0 Å². The lowest BCUT2D eigenvalue weighted by Crippen LogP contribution is -2.40. The minimum Gasteiger partial charge on any atom is -0.336 e. The van der Waals surface area contributed by atoms with E-state index in [4.69, 9.17) is 5.73 Å². The molecule has 0 unspecified atom stereocenters. The monoisotopic (exact) mass is 292 g/mol. The fourth-order valence-electron chi connectivity index (χ4n) is 2.75. The van der Waals surface area contributed by atoms with Gasteiger partial charge in [0.25, 0.3) is 5.56 Å². The van der Waals surface area contributed by atoms with Crippen LogP contribution in [-0.2, 0) is 6.42 Å². The molecule has 0 aliphatic carbocycles. The first-order chi connectivity index (χ1) is 10.1. The predicted octanol–water partition coefficient (Wildman–Crippen LogP) is -0.705. The van der Waals surface area contributed by atoms with Crippen molar-refractivity contribution in [2.45, 2.75) is 31.7 Å². The van der Waals surface area contributed by atoms with Gasteiger partial charge in [0.15, 0.2) is 5.65 Å². The molecule has 0 bridgehead atoms. The van der Waals surface area contributed by atoms with Crippen LogP contribution in [0.15, 0.2) is 9.59 Å². The maximum Gasteiger partial charge on any atom is 0.327 e. The number of rotatable bonds is 4. The minimum atomic E-state index is -0.532. The number of nitrogens with one attached hydrogen (secondary N) is 3. The average molecular weight is 292 g/mol. The van der Waals surface area contributed by atoms with Gasteiger partial charge in [-0.05, 0) is 38.9 Å². The summed E-state index contributed by atoms with van der Waals surface area (Å²) in [6.45, 7) is 3.10. The molecule has 0 radical (unpaired) electrons. The quantitative estimate of drug-likeness (QED) is 0.593. The lowest BCUT2D eigenvalue weighted by Gasteiger charge is -2.29. The first kappa shape index (κ1) is 14.0. The number of hydrogen-bond donors (Lipinski definition) is 4. The molecule has 1 aliphatic rings. The van der Waals surface area contributed by atoms with Gasteiger partial charge in [-0.15, -0.1) is 0 Å². The van der Waals surface area contributed by atoms with E-state index in [1.54, 1.807) is 0 Å². The highest BCUT2D eigenvalue weighted by atomic mass is 16.2. The van der Waals surface area contributed by atoms with Crippen LogP contribution in [-0.4, -0.2) is 50.5 Å². The average Bonchev–Trinajstić information content (AvgIpc) is 2.84. The normalized spacial score (nSPS) is 17.6. The van der Waals surface area contributed by atoms with Crippen LogP contribution >= 0.6 is 0 Å². The number of aromatic nitrogens is 4. The Kier molecular flexibility index (Phi) is 3.89. The number of hydrogen-bond acceptors (Lipinski definition) is 5. The number of aryl methyl sites for hydroxylation is 1. The van der Waals surface area contributed by atoms with E-state index in [0.717, 1.165) is 51.1 Å². The number of aromatic amines is 3. The van der Waals surface area contributed by atoms with Crippen molar-refractivity contribution in [3.8, 4) is 0 Å². The summed E-state index contributed by atoms with van der Waals surface area (Å²) in [7, 11) is 0. The van der Waals surface area contributed by atoms with Crippen LogP contribution in [0.1, 0.15) is 25.1 Å². The highest BCUT2D eigenvalue weighted by molar-refractivity contribution is 5.68. The topological polar surface area (TPSA) is 124 Å². The molecule has 1 aliphatic heterocycles. The molecule has 8 heteroatoms. The Hall–Kier alpha value is -1.93. The smallest absolute Gasteiger partial charge is 0.327 e. The van der Waals surface area contributed by atoms with Crippen LogP contribution in [0.4, 0.5) is 0 Å². The lowest BCUT2D eigenvalue weighted by molar-refractivity contribution is 0.211. The molecular formula is C13H20N6O2. The van der Waals surface area contributed by atoms with Crippen molar-refractivity contribution in [3.63, 3.8) is 0 Å². The number of H-pyrrole nitrogens is 3. The third kappa shape index (κ3) is 3.22. The largest absolute Gasteiger partial charge is 0.336 e. The van der Waals surface area contributed by atoms with Gasteiger partial charge < -0.3 is 15.6 Å². The van der Waals surface area contributed by atoms with Gasteiger partial charge in [-0.2, -0.15) is 0 Å². The number of fused-ring (bicyclic) bond motifs is 1. The van der Waals surface area contributed by atoms with Crippen LogP contribution in [0, 0.1) is 0 Å². The molecule has 3 rings (SSSR count). The van der Waals surface area contributed by atoms with E-state index in [1.165, 1.54) is 0 Å². The molecule has 3 heterocycles. The predicted molar refractivity (Wildman–Crippen MR) is 79.3 cm³/mol. The van der Waals surface area contributed by atoms with Crippen molar-refractivity contribution in [2.75, 3.05) is 19.6 Å². The molecular weight excluding hydrogens is 272 g/mol. The molecule has 0 saturated carbocycles. The Morgan fingerprint density at radius 1 is 1.19 bits per heavy atom. The summed E-state index contributed by atoms with van der Waals surface area (Å²) in [5, 5.41) is 0. The fourth-order valence-corrected chi connectivity index (χ4v) is 2.75. The van der Waals surface area contributed by atoms with Gasteiger partial charge in [0.1, 0.15) is 11.3 Å². The molecule has 1 fully saturated rings. The van der Waals surface area contributed by atoms with Crippen LogP contribution in [0.25, 0.3) is 11.2 Å². The molecule has 0 aromatic carbocycles. The van der Waals surface area contributed by atoms with Gasteiger partial charge in [0, 0.05) is 12.5 Å². The van der Waals surface area contributed by atoms with E-state index in [2.05, 4.69) is 24.8 Å². The summed E-state index contributed by atoms with van der Waals surface area (Å²) in [5.41, 5.74) is 5.57. The first-order valence-electron chi connectivity index (χ1n) is 7.31. The molecule has 5 N–H and O–H groups in total. The zero-order valence-electron chi connectivity index (χ0n) is 11.8. The molecule has 2 aromatic rings. The Morgan fingerprint density at radius 3 is 2.71 bits per heavy atom. The second-order valence-corrected chi connectivity index (χ2v) is 5.60. The third-order valence-corrected chi connectivity index (χ3v) is 3.96. The van der Waals surface area contributed by atoms with E-state index in [-0.39, 0.29) is 0 Å². The van der Waals surface area contributed by atoms with E-state index in [1.807, 2.05) is 0 Å².